The van der Waals surface area contributed by atoms with Crippen molar-refractivity contribution in [1.29, 1.82) is 0 Å². The first-order valence-electron chi connectivity index (χ1n) is 6.52. The standard InChI is InChI=1S/C13H24N2O2/c1-10-7-15(8-11(10)14(2)3)9-13(4-5-13)6-12(16)17/h10-11H,4-9H2,1-3H3,(H,16,17). The molecule has 1 N–H and O–H groups in total. The molecule has 4 heteroatoms. The van der Waals surface area contributed by atoms with Gasteiger partial charge in [0.1, 0.15) is 0 Å². The maximum absolute atomic E-state index is 10.8. The van der Waals surface area contributed by atoms with Gasteiger partial charge >= 0.3 is 5.97 Å². The maximum atomic E-state index is 10.8. The fraction of sp³-hybridized carbons (Fsp3) is 0.923. The average Bonchev–Trinajstić information content (AvgIpc) is 2.80. The second-order valence-electron chi connectivity index (χ2n) is 6.27. The number of rotatable bonds is 5. The molecule has 0 aromatic carbocycles. The van der Waals surface area contributed by atoms with Crippen LogP contribution in [0.2, 0.25) is 0 Å². The summed E-state index contributed by atoms with van der Waals surface area (Å²) in [7, 11) is 4.27. The Morgan fingerprint density at radius 3 is 2.47 bits per heavy atom. The zero-order valence-corrected chi connectivity index (χ0v) is 11.1. The third kappa shape index (κ3) is 2.99. The van der Waals surface area contributed by atoms with E-state index in [9.17, 15) is 4.79 Å². The van der Waals surface area contributed by atoms with E-state index < -0.39 is 5.97 Å². The minimum absolute atomic E-state index is 0.104. The van der Waals surface area contributed by atoms with Gasteiger partial charge in [0.05, 0.1) is 6.42 Å². The largest absolute Gasteiger partial charge is 0.481 e. The molecule has 1 heterocycles. The van der Waals surface area contributed by atoms with Crippen LogP contribution >= 0.6 is 0 Å². The van der Waals surface area contributed by atoms with Crippen LogP contribution in [-0.2, 0) is 4.79 Å². The van der Waals surface area contributed by atoms with E-state index in [0.29, 0.717) is 18.4 Å². The molecule has 2 rings (SSSR count). The van der Waals surface area contributed by atoms with Gasteiger partial charge in [-0.1, -0.05) is 6.92 Å². The van der Waals surface area contributed by atoms with Crippen molar-refractivity contribution in [2.75, 3.05) is 33.7 Å². The predicted molar refractivity (Wildman–Crippen MR) is 67.0 cm³/mol. The molecule has 1 aliphatic carbocycles. The Bertz CT molecular complexity index is 300. The number of carboxylic acid groups (broad SMARTS) is 1. The predicted octanol–water partition coefficient (Wildman–Crippen LogP) is 1.12. The molecular weight excluding hydrogens is 216 g/mol. The van der Waals surface area contributed by atoms with Crippen LogP contribution in [0.1, 0.15) is 26.2 Å². The number of likely N-dealkylation sites (N-methyl/N-ethyl adjacent to an activating group) is 1. The molecule has 98 valence electrons. The van der Waals surface area contributed by atoms with Crippen molar-refractivity contribution in [3.8, 4) is 0 Å². The molecule has 1 saturated heterocycles. The van der Waals surface area contributed by atoms with Crippen molar-refractivity contribution in [2.24, 2.45) is 11.3 Å². The summed E-state index contributed by atoms with van der Waals surface area (Å²) in [6.07, 6.45) is 2.54. The number of carbonyl (C=O) groups is 1. The quantitative estimate of drug-likeness (QED) is 0.782. The number of hydrogen-bond donors (Lipinski definition) is 1. The molecule has 0 aromatic rings. The van der Waals surface area contributed by atoms with Crippen molar-refractivity contribution < 1.29 is 9.90 Å². The van der Waals surface area contributed by atoms with Crippen LogP contribution in [0.3, 0.4) is 0 Å². The van der Waals surface area contributed by atoms with Gasteiger partial charge in [0.2, 0.25) is 0 Å². The third-order valence-electron chi connectivity index (χ3n) is 4.35. The minimum atomic E-state index is -0.640. The lowest BCUT2D eigenvalue weighted by molar-refractivity contribution is -0.138. The highest BCUT2D eigenvalue weighted by atomic mass is 16.4. The lowest BCUT2D eigenvalue weighted by atomic mass is 10.0. The second-order valence-corrected chi connectivity index (χ2v) is 6.27. The molecule has 1 saturated carbocycles. The molecule has 17 heavy (non-hydrogen) atoms. The summed E-state index contributed by atoms with van der Waals surface area (Å²) in [6, 6.07) is 0.621. The molecule has 0 amide bonds. The van der Waals surface area contributed by atoms with Crippen molar-refractivity contribution >= 4 is 5.97 Å². The fourth-order valence-corrected chi connectivity index (χ4v) is 3.21. The van der Waals surface area contributed by atoms with Gasteiger partial charge in [-0.05, 0) is 38.3 Å². The molecule has 1 aliphatic heterocycles. The number of nitrogens with zero attached hydrogens (tertiary/aromatic N) is 2. The number of aliphatic carboxylic acids is 1. The van der Waals surface area contributed by atoms with Gasteiger partial charge in [-0.2, -0.15) is 0 Å². The molecule has 4 nitrogen and oxygen atoms in total. The molecule has 0 spiro atoms. The van der Waals surface area contributed by atoms with Gasteiger partial charge in [-0.25, -0.2) is 0 Å². The van der Waals surface area contributed by atoms with Crippen molar-refractivity contribution in [2.45, 2.75) is 32.2 Å². The van der Waals surface area contributed by atoms with E-state index in [1.807, 2.05) is 0 Å². The van der Waals surface area contributed by atoms with E-state index in [0.717, 1.165) is 32.5 Å². The van der Waals surface area contributed by atoms with E-state index in [4.69, 9.17) is 5.11 Å². The topological polar surface area (TPSA) is 43.8 Å². The number of hydrogen-bond acceptors (Lipinski definition) is 3. The first-order chi connectivity index (χ1) is 7.92. The highest BCUT2D eigenvalue weighted by molar-refractivity contribution is 5.68. The third-order valence-corrected chi connectivity index (χ3v) is 4.35. The Kier molecular flexibility index (Phi) is 3.46. The minimum Gasteiger partial charge on any atom is -0.481 e. The van der Waals surface area contributed by atoms with Gasteiger partial charge in [0.15, 0.2) is 0 Å². The molecule has 0 bridgehead atoms. The summed E-state index contributed by atoms with van der Waals surface area (Å²) in [5.74, 6) is 0.0459. The Morgan fingerprint density at radius 1 is 1.41 bits per heavy atom. The summed E-state index contributed by atoms with van der Waals surface area (Å²) in [5.41, 5.74) is 0.104. The first-order valence-corrected chi connectivity index (χ1v) is 6.52. The summed E-state index contributed by atoms with van der Waals surface area (Å²) in [4.78, 5) is 15.6. The van der Waals surface area contributed by atoms with Crippen LogP contribution in [-0.4, -0.2) is 60.6 Å². The number of carboxylic acids is 1. The van der Waals surface area contributed by atoms with Crippen LogP contribution < -0.4 is 0 Å². The monoisotopic (exact) mass is 240 g/mol. The van der Waals surface area contributed by atoms with Gasteiger partial charge in [0.25, 0.3) is 0 Å². The number of likely N-dealkylation sites (tertiary alicyclic amines) is 1. The Balaban J connectivity index is 1.87. The SMILES string of the molecule is CC1CN(CC2(CC(=O)O)CC2)CC1N(C)C. The van der Waals surface area contributed by atoms with E-state index in [2.05, 4.69) is 30.8 Å². The smallest absolute Gasteiger partial charge is 0.303 e. The molecule has 0 aromatic heterocycles. The summed E-state index contributed by atoms with van der Waals surface area (Å²) in [6.45, 7) is 5.48. The first kappa shape index (κ1) is 12.8. The highest BCUT2D eigenvalue weighted by Gasteiger charge is 2.47. The Hall–Kier alpha value is -0.610. The fourth-order valence-electron chi connectivity index (χ4n) is 3.21. The normalized spacial score (nSPS) is 32.0. The van der Waals surface area contributed by atoms with Gasteiger partial charge in [-0.15, -0.1) is 0 Å². The molecular formula is C13H24N2O2. The summed E-state index contributed by atoms with van der Waals surface area (Å²) in [5, 5.41) is 8.93. The van der Waals surface area contributed by atoms with Crippen molar-refractivity contribution in [3.05, 3.63) is 0 Å². The molecule has 0 radical (unpaired) electrons. The molecule has 2 unspecified atom stereocenters. The van der Waals surface area contributed by atoms with Crippen LogP contribution in [0.15, 0.2) is 0 Å². The molecule has 2 atom stereocenters. The van der Waals surface area contributed by atoms with Crippen LogP contribution in [0, 0.1) is 11.3 Å². The second kappa shape index (κ2) is 4.58. The van der Waals surface area contributed by atoms with Crippen molar-refractivity contribution in [1.82, 2.24) is 9.80 Å². The van der Waals surface area contributed by atoms with Crippen LogP contribution in [0.4, 0.5) is 0 Å². The molecule has 2 aliphatic rings. The Morgan fingerprint density at radius 2 is 2.06 bits per heavy atom. The summed E-state index contributed by atoms with van der Waals surface area (Å²) < 4.78 is 0. The average molecular weight is 240 g/mol. The van der Waals surface area contributed by atoms with E-state index in [1.165, 1.54) is 0 Å². The molecule has 2 fully saturated rings. The highest BCUT2D eigenvalue weighted by Crippen LogP contribution is 2.49. The lowest BCUT2D eigenvalue weighted by Crippen LogP contribution is -2.35. The maximum Gasteiger partial charge on any atom is 0.303 e. The zero-order valence-electron chi connectivity index (χ0n) is 11.1. The van der Waals surface area contributed by atoms with Crippen LogP contribution in [0.5, 0.6) is 0 Å². The Labute approximate surface area is 104 Å². The van der Waals surface area contributed by atoms with Crippen molar-refractivity contribution in [3.63, 3.8) is 0 Å². The van der Waals surface area contributed by atoms with Gasteiger partial charge in [-0.3, -0.25) is 4.79 Å². The van der Waals surface area contributed by atoms with E-state index >= 15 is 0 Å². The van der Waals surface area contributed by atoms with Gasteiger partial charge < -0.3 is 14.9 Å². The van der Waals surface area contributed by atoms with Crippen LogP contribution in [0.25, 0.3) is 0 Å². The lowest BCUT2D eigenvalue weighted by Gasteiger charge is -2.24. The van der Waals surface area contributed by atoms with E-state index in [1.54, 1.807) is 0 Å². The van der Waals surface area contributed by atoms with E-state index in [-0.39, 0.29) is 5.41 Å². The zero-order chi connectivity index (χ0) is 12.6. The van der Waals surface area contributed by atoms with Gasteiger partial charge in [0, 0.05) is 25.7 Å². The summed E-state index contributed by atoms with van der Waals surface area (Å²) >= 11 is 0.